The number of amidine groups is 2. The van der Waals surface area contributed by atoms with Crippen LogP contribution in [0.15, 0.2) is 8.80 Å². The molecule has 24 heavy (non-hydrogen) atoms. The van der Waals surface area contributed by atoms with E-state index in [4.69, 9.17) is 0 Å². The molecule has 0 spiro atoms. The molecule has 0 aromatic rings. The van der Waals surface area contributed by atoms with Crippen LogP contribution in [0.2, 0.25) is 0 Å². The SMILES string of the molecule is O=S1N=C(NCCCN2CCCCC2)C(NCC2CCCCC2)=N1. The third kappa shape index (κ3) is 5.55. The standard InChI is InChI=1S/C17H31N5OS/c23-24-20-16(18-10-7-13-22-11-5-2-6-12-22)17(21-24)19-14-15-8-3-1-4-9-15/h15H,1-14H2,(H,18,20)(H,19,21). The van der Waals surface area contributed by atoms with Gasteiger partial charge in [0.1, 0.15) is 0 Å². The van der Waals surface area contributed by atoms with E-state index in [2.05, 4.69) is 24.3 Å². The maximum absolute atomic E-state index is 11.6. The minimum Gasteiger partial charge on any atom is -0.366 e. The molecule has 2 N–H and O–H groups in total. The van der Waals surface area contributed by atoms with Crippen molar-refractivity contribution in [2.75, 3.05) is 32.7 Å². The number of hydrogen-bond acceptors (Lipinski definition) is 4. The van der Waals surface area contributed by atoms with Crippen LogP contribution in [0.25, 0.3) is 0 Å². The van der Waals surface area contributed by atoms with Crippen molar-refractivity contribution in [1.29, 1.82) is 0 Å². The predicted octanol–water partition coefficient (Wildman–Crippen LogP) is 2.01. The molecule has 1 unspecified atom stereocenters. The molecule has 0 amide bonds. The molecular formula is C17H31N5OS. The van der Waals surface area contributed by atoms with Crippen LogP contribution < -0.4 is 10.6 Å². The van der Waals surface area contributed by atoms with E-state index in [1.165, 1.54) is 64.5 Å². The Morgan fingerprint density at radius 1 is 0.958 bits per heavy atom. The monoisotopic (exact) mass is 353 g/mol. The van der Waals surface area contributed by atoms with Crippen LogP contribution in [-0.4, -0.2) is 53.5 Å². The normalized spacial score (nSPS) is 26.1. The van der Waals surface area contributed by atoms with E-state index in [1.807, 2.05) is 0 Å². The number of piperidine rings is 1. The summed E-state index contributed by atoms with van der Waals surface area (Å²) in [5.74, 6) is 2.09. The van der Waals surface area contributed by atoms with E-state index in [0.717, 1.165) is 32.0 Å². The summed E-state index contributed by atoms with van der Waals surface area (Å²) in [7, 11) is 0. The summed E-state index contributed by atoms with van der Waals surface area (Å²) in [6, 6.07) is 0. The Balaban J connectivity index is 1.36. The summed E-state index contributed by atoms with van der Waals surface area (Å²) in [4.78, 5) is 2.54. The lowest BCUT2D eigenvalue weighted by molar-refractivity contribution is 0.227. The van der Waals surface area contributed by atoms with Gasteiger partial charge in [-0.1, -0.05) is 25.7 Å². The minimum absolute atomic E-state index is 0.683. The molecule has 6 nitrogen and oxygen atoms in total. The molecule has 0 radical (unpaired) electrons. The molecule has 7 heteroatoms. The summed E-state index contributed by atoms with van der Waals surface area (Å²) < 4.78 is 19.9. The van der Waals surface area contributed by atoms with Gasteiger partial charge < -0.3 is 15.5 Å². The first kappa shape index (κ1) is 17.9. The zero-order valence-electron chi connectivity index (χ0n) is 14.6. The number of rotatable bonds is 6. The topological polar surface area (TPSA) is 69.1 Å². The van der Waals surface area contributed by atoms with Crippen molar-refractivity contribution < 1.29 is 4.21 Å². The largest absolute Gasteiger partial charge is 0.366 e. The van der Waals surface area contributed by atoms with E-state index >= 15 is 0 Å². The van der Waals surface area contributed by atoms with Crippen molar-refractivity contribution in [1.82, 2.24) is 15.5 Å². The zero-order chi connectivity index (χ0) is 16.6. The Morgan fingerprint density at radius 2 is 1.62 bits per heavy atom. The molecule has 0 aromatic carbocycles. The molecule has 1 saturated heterocycles. The van der Waals surface area contributed by atoms with E-state index in [1.54, 1.807) is 0 Å². The lowest BCUT2D eigenvalue weighted by atomic mass is 9.89. The second-order valence-corrected chi connectivity index (χ2v) is 8.00. The summed E-state index contributed by atoms with van der Waals surface area (Å²) in [5, 5.41) is 6.70. The average Bonchev–Trinajstić information content (AvgIpc) is 2.98. The molecule has 0 bridgehead atoms. The second-order valence-electron chi connectivity index (χ2n) is 7.18. The summed E-state index contributed by atoms with van der Waals surface area (Å²) >= 11 is -1.46. The maximum atomic E-state index is 11.6. The highest BCUT2D eigenvalue weighted by Gasteiger charge is 2.20. The Morgan fingerprint density at radius 3 is 2.38 bits per heavy atom. The van der Waals surface area contributed by atoms with Gasteiger partial charge in [0, 0.05) is 13.1 Å². The van der Waals surface area contributed by atoms with Crippen LogP contribution in [0.4, 0.5) is 0 Å². The van der Waals surface area contributed by atoms with Crippen molar-refractivity contribution in [3.63, 3.8) is 0 Å². The molecular weight excluding hydrogens is 322 g/mol. The van der Waals surface area contributed by atoms with Gasteiger partial charge in [0.25, 0.3) is 11.2 Å². The lowest BCUT2D eigenvalue weighted by Crippen LogP contribution is -2.41. The van der Waals surface area contributed by atoms with Crippen LogP contribution in [0.5, 0.6) is 0 Å². The molecule has 1 saturated carbocycles. The van der Waals surface area contributed by atoms with Crippen molar-refractivity contribution in [3.8, 4) is 0 Å². The van der Waals surface area contributed by atoms with Crippen LogP contribution in [-0.2, 0) is 11.2 Å². The lowest BCUT2D eigenvalue weighted by Gasteiger charge is -2.26. The smallest absolute Gasteiger partial charge is 0.269 e. The summed E-state index contributed by atoms with van der Waals surface area (Å²) in [6.45, 7) is 5.38. The highest BCUT2D eigenvalue weighted by molar-refractivity contribution is 7.83. The molecule has 1 aliphatic carbocycles. The quantitative estimate of drug-likeness (QED) is 0.717. The molecule has 3 aliphatic rings. The Bertz CT molecular complexity index is 481. The van der Waals surface area contributed by atoms with E-state index < -0.39 is 11.2 Å². The highest BCUT2D eigenvalue weighted by atomic mass is 32.2. The van der Waals surface area contributed by atoms with Gasteiger partial charge in [0.15, 0.2) is 11.7 Å². The highest BCUT2D eigenvalue weighted by Crippen LogP contribution is 2.22. The van der Waals surface area contributed by atoms with E-state index in [9.17, 15) is 4.21 Å². The first-order valence-electron chi connectivity index (χ1n) is 9.61. The zero-order valence-corrected chi connectivity index (χ0v) is 15.5. The fourth-order valence-electron chi connectivity index (χ4n) is 3.82. The molecule has 2 heterocycles. The first-order chi connectivity index (χ1) is 11.8. The maximum Gasteiger partial charge on any atom is 0.269 e. The van der Waals surface area contributed by atoms with Gasteiger partial charge in [-0.05, 0) is 57.7 Å². The van der Waals surface area contributed by atoms with Crippen LogP contribution in [0.1, 0.15) is 57.8 Å². The van der Waals surface area contributed by atoms with Crippen LogP contribution in [0, 0.1) is 5.92 Å². The van der Waals surface area contributed by atoms with Crippen molar-refractivity contribution in [2.45, 2.75) is 57.8 Å². The molecule has 2 fully saturated rings. The van der Waals surface area contributed by atoms with Gasteiger partial charge in [0.05, 0.1) is 0 Å². The van der Waals surface area contributed by atoms with Gasteiger partial charge in [-0.2, -0.15) is 0 Å². The van der Waals surface area contributed by atoms with Crippen molar-refractivity contribution in [3.05, 3.63) is 0 Å². The predicted molar refractivity (Wildman–Crippen MR) is 101 cm³/mol. The Hall–Kier alpha value is -0.950. The van der Waals surface area contributed by atoms with Crippen LogP contribution >= 0.6 is 0 Å². The second kappa shape index (κ2) is 9.51. The third-order valence-corrected chi connectivity index (χ3v) is 5.92. The number of hydrogen-bond donors (Lipinski definition) is 2. The van der Waals surface area contributed by atoms with Crippen LogP contribution in [0.3, 0.4) is 0 Å². The fourth-order valence-corrected chi connectivity index (χ4v) is 4.48. The first-order valence-corrected chi connectivity index (χ1v) is 10.7. The van der Waals surface area contributed by atoms with E-state index in [-0.39, 0.29) is 0 Å². The minimum atomic E-state index is -1.46. The van der Waals surface area contributed by atoms with Crippen molar-refractivity contribution in [2.24, 2.45) is 14.7 Å². The fraction of sp³-hybridized carbons (Fsp3) is 0.882. The molecule has 2 aliphatic heterocycles. The third-order valence-electron chi connectivity index (χ3n) is 5.24. The van der Waals surface area contributed by atoms with Gasteiger partial charge in [-0.15, -0.1) is 8.80 Å². The molecule has 3 rings (SSSR count). The van der Waals surface area contributed by atoms with Gasteiger partial charge in [-0.25, -0.2) is 4.21 Å². The van der Waals surface area contributed by atoms with Gasteiger partial charge in [0.2, 0.25) is 0 Å². The van der Waals surface area contributed by atoms with E-state index in [0.29, 0.717) is 11.7 Å². The number of likely N-dealkylation sites (tertiary alicyclic amines) is 1. The summed E-state index contributed by atoms with van der Waals surface area (Å²) in [5.41, 5.74) is 0. The number of nitrogens with zero attached hydrogens (tertiary/aromatic N) is 3. The van der Waals surface area contributed by atoms with Gasteiger partial charge >= 0.3 is 0 Å². The Kier molecular flexibility index (Phi) is 7.08. The molecule has 136 valence electrons. The molecule has 0 aromatic heterocycles. The average molecular weight is 354 g/mol. The number of nitrogens with one attached hydrogen (secondary N) is 2. The summed E-state index contributed by atoms with van der Waals surface area (Å²) in [6.07, 6.45) is 11.7. The van der Waals surface area contributed by atoms with Gasteiger partial charge in [-0.3, -0.25) is 0 Å². The Labute approximate surface area is 148 Å². The molecule has 1 atom stereocenters. The van der Waals surface area contributed by atoms with Crippen molar-refractivity contribution >= 4 is 22.8 Å².